The van der Waals surface area contributed by atoms with Gasteiger partial charge in [0.2, 0.25) is 5.91 Å². The number of amides is 1. The molecule has 1 unspecified atom stereocenters. The third kappa shape index (κ3) is 3.41. The van der Waals surface area contributed by atoms with Crippen LogP contribution in [0.5, 0.6) is 0 Å². The average Bonchev–Trinajstić information content (AvgIpc) is 2.37. The molecule has 1 aromatic rings. The van der Waals surface area contributed by atoms with Gasteiger partial charge >= 0.3 is 5.97 Å². The number of benzene rings is 1. The van der Waals surface area contributed by atoms with Crippen LogP contribution in [0.3, 0.4) is 0 Å². The molecule has 0 radical (unpaired) electrons. The van der Waals surface area contributed by atoms with E-state index in [4.69, 9.17) is 5.73 Å². The first-order valence-corrected chi connectivity index (χ1v) is 5.29. The van der Waals surface area contributed by atoms with Gasteiger partial charge in [-0.15, -0.1) is 0 Å². The van der Waals surface area contributed by atoms with Crippen molar-refractivity contribution in [1.29, 1.82) is 0 Å². The predicted molar refractivity (Wildman–Crippen MR) is 66.7 cm³/mol. The molecule has 0 aliphatic rings. The van der Waals surface area contributed by atoms with Crippen LogP contribution in [0.4, 0.5) is 11.4 Å². The molecule has 0 saturated heterocycles. The van der Waals surface area contributed by atoms with E-state index in [9.17, 15) is 19.7 Å². The highest BCUT2D eigenvalue weighted by atomic mass is 16.6. The maximum Gasteiger partial charge on any atom is 0.327 e. The number of primary amides is 1. The van der Waals surface area contributed by atoms with Crippen molar-refractivity contribution >= 4 is 23.3 Å². The third-order valence-electron chi connectivity index (χ3n) is 2.40. The topological polar surface area (TPSA) is 125 Å². The number of nitro groups is 1. The molecule has 0 aliphatic carbocycles. The molecule has 1 aromatic carbocycles. The fourth-order valence-corrected chi connectivity index (χ4v) is 1.43. The molecule has 0 saturated carbocycles. The average molecular weight is 267 g/mol. The number of anilines is 1. The van der Waals surface area contributed by atoms with Crippen LogP contribution in [0.25, 0.3) is 0 Å². The zero-order valence-corrected chi connectivity index (χ0v) is 10.4. The van der Waals surface area contributed by atoms with Gasteiger partial charge in [0.1, 0.15) is 11.7 Å². The van der Waals surface area contributed by atoms with Gasteiger partial charge in [-0.1, -0.05) is 0 Å². The Labute approximate surface area is 108 Å². The molecule has 8 nitrogen and oxygen atoms in total. The zero-order chi connectivity index (χ0) is 14.6. The van der Waals surface area contributed by atoms with E-state index in [1.807, 2.05) is 0 Å². The van der Waals surface area contributed by atoms with Gasteiger partial charge < -0.3 is 15.8 Å². The van der Waals surface area contributed by atoms with E-state index in [-0.39, 0.29) is 16.9 Å². The van der Waals surface area contributed by atoms with Crippen molar-refractivity contribution in [3.8, 4) is 0 Å². The largest absolute Gasteiger partial charge is 0.467 e. The van der Waals surface area contributed by atoms with Crippen LogP contribution < -0.4 is 11.1 Å². The molecular weight excluding hydrogens is 254 g/mol. The normalized spacial score (nSPS) is 11.5. The van der Waals surface area contributed by atoms with Crippen LogP contribution in [0.1, 0.15) is 17.3 Å². The first-order chi connectivity index (χ1) is 8.86. The Kier molecular flexibility index (Phi) is 4.41. The zero-order valence-electron chi connectivity index (χ0n) is 10.4. The van der Waals surface area contributed by atoms with Crippen molar-refractivity contribution in [2.75, 3.05) is 12.4 Å². The molecular formula is C11H13N3O5. The lowest BCUT2D eigenvalue weighted by atomic mass is 10.1. The Morgan fingerprint density at radius 3 is 2.58 bits per heavy atom. The van der Waals surface area contributed by atoms with E-state index in [2.05, 4.69) is 10.1 Å². The minimum atomic E-state index is -0.799. The maximum atomic E-state index is 11.3. The summed E-state index contributed by atoms with van der Waals surface area (Å²) in [5.74, 6) is -1.30. The monoisotopic (exact) mass is 267 g/mol. The number of hydrogen-bond donors (Lipinski definition) is 2. The highest BCUT2D eigenvalue weighted by Gasteiger charge is 2.20. The Balaban J connectivity index is 3.14. The van der Waals surface area contributed by atoms with Gasteiger partial charge in [0.05, 0.1) is 12.0 Å². The SMILES string of the molecule is COC(=O)C(C)Nc1cc(C(N)=O)ccc1[N+](=O)[O-]. The highest BCUT2D eigenvalue weighted by molar-refractivity contribution is 5.95. The molecule has 8 heteroatoms. The summed E-state index contributed by atoms with van der Waals surface area (Å²) in [7, 11) is 1.20. The third-order valence-corrected chi connectivity index (χ3v) is 2.40. The number of hydrogen-bond acceptors (Lipinski definition) is 6. The summed E-state index contributed by atoms with van der Waals surface area (Å²) in [6.07, 6.45) is 0. The molecule has 0 spiro atoms. The molecule has 1 atom stereocenters. The van der Waals surface area contributed by atoms with E-state index in [0.29, 0.717) is 0 Å². The van der Waals surface area contributed by atoms with Crippen molar-refractivity contribution in [2.24, 2.45) is 5.73 Å². The fourth-order valence-electron chi connectivity index (χ4n) is 1.43. The number of nitro benzene ring substituents is 1. The van der Waals surface area contributed by atoms with Crippen LogP contribution in [-0.2, 0) is 9.53 Å². The van der Waals surface area contributed by atoms with Gasteiger partial charge in [-0.2, -0.15) is 0 Å². The van der Waals surface area contributed by atoms with Crippen molar-refractivity contribution in [1.82, 2.24) is 0 Å². The standard InChI is InChI=1S/C11H13N3O5/c1-6(11(16)19-2)13-8-5-7(10(12)15)3-4-9(8)14(17)18/h3-6,13H,1-2H3,(H2,12,15). The van der Waals surface area contributed by atoms with Gasteiger partial charge in [0.15, 0.2) is 0 Å². The van der Waals surface area contributed by atoms with Gasteiger partial charge in [0.25, 0.3) is 5.69 Å². The maximum absolute atomic E-state index is 11.3. The second kappa shape index (κ2) is 5.80. The molecule has 1 amide bonds. The van der Waals surface area contributed by atoms with Gasteiger partial charge in [-0.3, -0.25) is 14.9 Å². The highest BCUT2D eigenvalue weighted by Crippen LogP contribution is 2.26. The number of nitrogens with two attached hydrogens (primary N) is 1. The Hall–Kier alpha value is -2.64. The number of nitrogens with zero attached hydrogens (tertiary/aromatic N) is 1. The second-order valence-electron chi connectivity index (χ2n) is 3.74. The summed E-state index contributed by atoms with van der Waals surface area (Å²) in [5.41, 5.74) is 4.96. The number of rotatable bonds is 5. The summed E-state index contributed by atoms with van der Waals surface area (Å²) >= 11 is 0. The molecule has 19 heavy (non-hydrogen) atoms. The minimum Gasteiger partial charge on any atom is -0.467 e. The van der Waals surface area contributed by atoms with Crippen LogP contribution >= 0.6 is 0 Å². The van der Waals surface area contributed by atoms with Crippen LogP contribution in [0, 0.1) is 10.1 Å². The van der Waals surface area contributed by atoms with E-state index >= 15 is 0 Å². The molecule has 0 fully saturated rings. The molecule has 0 aliphatic heterocycles. The lowest BCUT2D eigenvalue weighted by Crippen LogP contribution is -2.27. The lowest BCUT2D eigenvalue weighted by molar-refractivity contribution is -0.384. The number of esters is 1. The second-order valence-corrected chi connectivity index (χ2v) is 3.74. The summed E-state index contributed by atoms with van der Waals surface area (Å²) in [4.78, 5) is 32.5. The first-order valence-electron chi connectivity index (χ1n) is 5.29. The van der Waals surface area contributed by atoms with Gasteiger partial charge in [-0.25, -0.2) is 4.79 Å². The molecule has 0 heterocycles. The minimum absolute atomic E-state index is 0.0270. The van der Waals surface area contributed by atoms with E-state index in [1.54, 1.807) is 0 Å². The lowest BCUT2D eigenvalue weighted by Gasteiger charge is -2.13. The number of carbonyl (C=O) groups is 2. The summed E-state index contributed by atoms with van der Waals surface area (Å²) in [6.45, 7) is 1.48. The number of methoxy groups -OCH3 is 1. The van der Waals surface area contributed by atoms with E-state index in [0.717, 1.165) is 6.07 Å². The number of ether oxygens (including phenoxy) is 1. The van der Waals surface area contributed by atoms with Crippen LogP contribution in [-0.4, -0.2) is 30.0 Å². The summed E-state index contributed by atoms with van der Waals surface area (Å²) in [6, 6.07) is 2.81. The van der Waals surface area contributed by atoms with Gasteiger partial charge in [-0.05, 0) is 19.1 Å². The van der Waals surface area contributed by atoms with Crippen molar-refractivity contribution < 1.29 is 19.2 Å². The van der Waals surface area contributed by atoms with E-state index < -0.39 is 22.8 Å². The quantitative estimate of drug-likeness (QED) is 0.459. The van der Waals surface area contributed by atoms with Crippen molar-refractivity contribution in [2.45, 2.75) is 13.0 Å². The molecule has 0 bridgehead atoms. The summed E-state index contributed by atoms with van der Waals surface area (Å²) < 4.78 is 4.50. The molecule has 102 valence electrons. The molecule has 1 rings (SSSR count). The Morgan fingerprint density at radius 2 is 2.11 bits per heavy atom. The fraction of sp³-hybridized carbons (Fsp3) is 0.273. The van der Waals surface area contributed by atoms with Crippen LogP contribution in [0.15, 0.2) is 18.2 Å². The molecule has 0 aromatic heterocycles. The predicted octanol–water partition coefficient (Wildman–Crippen LogP) is 0.667. The number of carbonyl (C=O) groups excluding carboxylic acids is 2. The van der Waals surface area contributed by atoms with Crippen molar-refractivity contribution in [3.63, 3.8) is 0 Å². The Morgan fingerprint density at radius 1 is 1.47 bits per heavy atom. The Bertz CT molecular complexity index is 529. The summed E-state index contributed by atoms with van der Waals surface area (Å²) in [5, 5.41) is 13.5. The smallest absolute Gasteiger partial charge is 0.327 e. The first kappa shape index (κ1) is 14.4. The number of nitrogens with one attached hydrogen (secondary N) is 1. The van der Waals surface area contributed by atoms with Crippen LogP contribution in [0.2, 0.25) is 0 Å². The van der Waals surface area contributed by atoms with Gasteiger partial charge in [0, 0.05) is 11.6 Å². The van der Waals surface area contributed by atoms with Crippen molar-refractivity contribution in [3.05, 3.63) is 33.9 Å². The van der Waals surface area contributed by atoms with E-state index in [1.165, 1.54) is 26.2 Å². The molecule has 3 N–H and O–H groups in total.